The number of nitrogens with zero attached hydrogens (tertiary/aromatic N) is 7. The zero-order valence-electron chi connectivity index (χ0n) is 37.0. The molecule has 0 aliphatic carbocycles. The van der Waals surface area contributed by atoms with Gasteiger partial charge in [-0.25, -0.2) is 9.48 Å². The molecule has 7 amide bonds. The molecule has 0 bridgehead atoms. The second-order valence-electron chi connectivity index (χ2n) is 18.4. The summed E-state index contributed by atoms with van der Waals surface area (Å²) in [5.41, 5.74) is 9.39. The van der Waals surface area contributed by atoms with Crippen LogP contribution >= 0.6 is 0 Å². The van der Waals surface area contributed by atoms with E-state index in [2.05, 4.69) is 20.4 Å². The lowest BCUT2D eigenvalue weighted by Crippen LogP contribution is -2.55. The Balaban J connectivity index is 0.673. The van der Waals surface area contributed by atoms with Crippen molar-refractivity contribution in [3.8, 4) is 22.8 Å². The second-order valence-corrected chi connectivity index (χ2v) is 18.4. The van der Waals surface area contributed by atoms with Gasteiger partial charge in [0, 0.05) is 70.9 Å². The van der Waals surface area contributed by atoms with Gasteiger partial charge >= 0.3 is 6.03 Å². The fourth-order valence-corrected chi connectivity index (χ4v) is 10.8. The molecule has 4 N–H and O–H groups in total. The number of carbonyl (C=O) groups excluding carboxylic acids is 6. The number of primary amides is 1. The van der Waals surface area contributed by atoms with Crippen molar-refractivity contribution in [1.82, 2.24) is 39.6 Å². The summed E-state index contributed by atoms with van der Waals surface area (Å²) in [5.74, 6) is 0.172. The van der Waals surface area contributed by atoms with Crippen LogP contribution in [0.25, 0.3) is 11.3 Å². The van der Waals surface area contributed by atoms with E-state index < -0.39 is 35.6 Å². The van der Waals surface area contributed by atoms with E-state index in [4.69, 9.17) is 15.6 Å². The van der Waals surface area contributed by atoms with Gasteiger partial charge in [0.1, 0.15) is 34.6 Å². The number of carbonyl (C=O) groups is 6. The topological polar surface area (TPSA) is 196 Å². The molecule has 0 radical (unpaired) electrons. The smallest absolute Gasteiger partial charge is 0.320 e. The number of rotatable bonds is 10. The van der Waals surface area contributed by atoms with Crippen LogP contribution in [-0.4, -0.2) is 148 Å². The van der Waals surface area contributed by atoms with Crippen molar-refractivity contribution >= 4 is 41.4 Å². The summed E-state index contributed by atoms with van der Waals surface area (Å²) in [4.78, 5) is 87.3. The Morgan fingerprint density at radius 2 is 1.38 bits per heavy atom. The van der Waals surface area contributed by atoms with Crippen molar-refractivity contribution in [1.29, 1.82) is 0 Å². The number of hydrogen-bond donors (Lipinski definition) is 3. The molecule has 344 valence electrons. The van der Waals surface area contributed by atoms with E-state index in [-0.39, 0.29) is 30.8 Å². The molecule has 3 aromatic carbocycles. The molecule has 17 nitrogen and oxygen atoms in total. The van der Waals surface area contributed by atoms with Crippen molar-refractivity contribution in [2.24, 2.45) is 11.7 Å². The Labute approximate surface area is 383 Å². The van der Waals surface area contributed by atoms with Gasteiger partial charge in [-0.05, 0) is 118 Å². The Morgan fingerprint density at radius 1 is 0.712 bits per heavy atom. The van der Waals surface area contributed by atoms with Gasteiger partial charge in [0.15, 0.2) is 0 Å². The van der Waals surface area contributed by atoms with Crippen molar-refractivity contribution in [3.05, 3.63) is 95.1 Å². The molecule has 6 aliphatic rings. The number of urea groups is 1. The van der Waals surface area contributed by atoms with Crippen LogP contribution in [0.4, 0.5) is 10.6 Å². The molecular weight excluding hydrogens is 841 g/mol. The summed E-state index contributed by atoms with van der Waals surface area (Å²) in [7, 11) is 0. The average molecular weight is 897 g/mol. The molecule has 2 atom stereocenters. The first kappa shape index (κ1) is 43.3. The van der Waals surface area contributed by atoms with Gasteiger partial charge in [0.25, 0.3) is 17.7 Å². The van der Waals surface area contributed by atoms with Gasteiger partial charge in [-0.3, -0.25) is 39.1 Å². The molecule has 10 rings (SSSR count). The Kier molecular flexibility index (Phi) is 12.0. The number of nitrogens with one attached hydrogen (secondary N) is 2. The quantitative estimate of drug-likeness (QED) is 0.189. The van der Waals surface area contributed by atoms with Gasteiger partial charge in [0.05, 0.1) is 17.2 Å². The van der Waals surface area contributed by atoms with E-state index >= 15 is 0 Å². The van der Waals surface area contributed by atoms with Crippen LogP contribution in [0.15, 0.2) is 72.8 Å². The number of imide groups is 2. The number of ether oxygens (including phenoxy) is 1. The lowest BCUT2D eigenvalue weighted by molar-refractivity contribution is -0.136. The number of hydrogen-bond acceptors (Lipinski definition) is 11. The molecular formula is C49H56N10O7. The van der Waals surface area contributed by atoms with E-state index in [1.54, 1.807) is 6.07 Å². The minimum atomic E-state index is -0.970. The normalized spacial score (nSPS) is 22.2. The molecule has 0 spiro atoms. The van der Waals surface area contributed by atoms with Crippen LogP contribution in [0.5, 0.6) is 11.5 Å². The number of benzene rings is 3. The number of piperazine rings is 1. The van der Waals surface area contributed by atoms with Crippen molar-refractivity contribution in [2.75, 3.05) is 77.3 Å². The van der Waals surface area contributed by atoms with E-state index in [9.17, 15) is 28.8 Å². The minimum Gasteiger partial charge on any atom is -0.457 e. The highest BCUT2D eigenvalue weighted by atomic mass is 16.5. The Hall–Kier alpha value is -6.59. The summed E-state index contributed by atoms with van der Waals surface area (Å²) < 4.78 is 7.95. The van der Waals surface area contributed by atoms with E-state index in [1.807, 2.05) is 81.2 Å². The second kappa shape index (κ2) is 18.4. The first-order valence-electron chi connectivity index (χ1n) is 23.4. The molecule has 0 saturated carbocycles. The van der Waals surface area contributed by atoms with Crippen LogP contribution in [0, 0.1) is 5.92 Å². The molecule has 4 saturated heterocycles. The van der Waals surface area contributed by atoms with Crippen LogP contribution in [0.1, 0.15) is 93.5 Å². The minimum absolute atomic E-state index is 0.0805. The first-order valence-corrected chi connectivity index (χ1v) is 23.4. The number of nitrogens with two attached hydrogens (primary N) is 1. The third-order valence-electron chi connectivity index (χ3n) is 14.6. The highest BCUT2D eigenvalue weighted by Gasteiger charge is 2.45. The van der Waals surface area contributed by atoms with Gasteiger partial charge in [-0.2, -0.15) is 5.10 Å². The molecule has 6 aliphatic heterocycles. The zero-order chi connectivity index (χ0) is 45.5. The van der Waals surface area contributed by atoms with Gasteiger partial charge < -0.3 is 30.5 Å². The predicted molar refractivity (Wildman–Crippen MR) is 244 cm³/mol. The lowest BCUT2D eigenvalue weighted by Gasteiger charge is -2.42. The number of anilines is 1. The molecule has 7 heterocycles. The number of para-hydroxylation sites is 1. The maximum Gasteiger partial charge on any atom is 0.320 e. The summed E-state index contributed by atoms with van der Waals surface area (Å²) in [6.45, 7) is 8.87. The first-order chi connectivity index (χ1) is 32.1. The fourth-order valence-electron chi connectivity index (χ4n) is 10.8. The van der Waals surface area contributed by atoms with Crippen LogP contribution in [-0.2, 0) is 9.59 Å². The van der Waals surface area contributed by atoms with Crippen molar-refractivity contribution in [3.63, 3.8) is 0 Å². The molecule has 17 heteroatoms. The van der Waals surface area contributed by atoms with Gasteiger partial charge in [-0.1, -0.05) is 24.3 Å². The summed E-state index contributed by atoms with van der Waals surface area (Å²) >= 11 is 0. The maximum atomic E-state index is 13.8. The number of likely N-dealkylation sites (tertiary alicyclic amines) is 2. The summed E-state index contributed by atoms with van der Waals surface area (Å²) in [6.07, 6.45) is 4.68. The highest BCUT2D eigenvalue weighted by Crippen LogP contribution is 2.41. The van der Waals surface area contributed by atoms with Crippen LogP contribution in [0.3, 0.4) is 0 Å². The third-order valence-corrected chi connectivity index (χ3v) is 14.6. The van der Waals surface area contributed by atoms with Crippen molar-refractivity contribution < 1.29 is 33.5 Å². The van der Waals surface area contributed by atoms with E-state index in [0.29, 0.717) is 72.6 Å². The monoisotopic (exact) mass is 896 g/mol. The number of aromatic nitrogens is 2. The standard InChI is InChI=1S/C49H56N10O7/c50-44(61)42-43(33-6-9-36(10-7-33)66-35-4-2-1-3-5-35)53-59-39(14-19-51-45(42)59)32-17-22-56(23-18-32)49(65)57-28-26-55(27-29-57)25-24-54-20-15-31(16-21-54)34-8-11-37-38(30-34)48(64)58(47(37)63)40-12-13-41(60)52-46(40)62/h1-11,30-32,39-40,51H,12-29H2,(H2,50,61)(H,52,60,62). The molecule has 2 unspecified atom stereocenters. The fraction of sp³-hybridized carbons (Fsp3) is 0.449. The van der Waals surface area contributed by atoms with E-state index in [0.717, 1.165) is 93.1 Å². The van der Waals surface area contributed by atoms with Crippen LogP contribution < -0.4 is 21.1 Å². The number of fused-ring (bicyclic) bond motifs is 2. The third kappa shape index (κ3) is 8.52. The molecule has 1 aromatic heterocycles. The van der Waals surface area contributed by atoms with Crippen molar-refractivity contribution in [2.45, 2.75) is 62.9 Å². The zero-order valence-corrected chi connectivity index (χ0v) is 37.0. The number of piperidine rings is 3. The van der Waals surface area contributed by atoms with Gasteiger partial charge in [-0.15, -0.1) is 0 Å². The summed E-state index contributed by atoms with van der Waals surface area (Å²) in [6, 6.07) is 21.8. The highest BCUT2D eigenvalue weighted by molar-refractivity contribution is 6.23. The molecule has 4 fully saturated rings. The van der Waals surface area contributed by atoms with E-state index in [1.165, 1.54) is 0 Å². The Bertz CT molecular complexity index is 2520. The summed E-state index contributed by atoms with van der Waals surface area (Å²) in [5, 5.41) is 10.7. The SMILES string of the molecule is NC(=O)c1c(-c2ccc(Oc3ccccc3)cc2)nn2c1NCCC2C1CCN(C(=O)N2CCN(CCN3CCC(c4ccc5c(c4)C(=O)N(C4CCC(=O)NC4=O)C5=O)CC3)CC2)CC1. The van der Waals surface area contributed by atoms with Gasteiger partial charge in [0.2, 0.25) is 11.8 Å². The lowest BCUT2D eigenvalue weighted by atomic mass is 9.87. The Morgan fingerprint density at radius 3 is 2.08 bits per heavy atom. The largest absolute Gasteiger partial charge is 0.457 e. The average Bonchev–Trinajstić information content (AvgIpc) is 3.86. The van der Waals surface area contributed by atoms with Crippen LogP contribution in [0.2, 0.25) is 0 Å². The predicted octanol–water partition coefficient (Wildman–Crippen LogP) is 4.53. The number of amides is 7. The molecule has 4 aromatic rings. The maximum absolute atomic E-state index is 13.8. The molecule has 66 heavy (non-hydrogen) atoms.